The van der Waals surface area contributed by atoms with E-state index < -0.39 is 12.0 Å². The van der Waals surface area contributed by atoms with Crippen LogP contribution < -0.4 is 10.2 Å². The number of hydrogen-bond donors (Lipinski definition) is 2. The zero-order valence-corrected chi connectivity index (χ0v) is 15.7. The summed E-state index contributed by atoms with van der Waals surface area (Å²) in [4.78, 5) is 26.9. The fraction of sp³-hybridized carbons (Fsp3) is 0.0833. The first-order chi connectivity index (χ1) is 14.1. The minimum atomic E-state index is -0.976. The van der Waals surface area contributed by atoms with Crippen LogP contribution in [0.3, 0.4) is 0 Å². The summed E-state index contributed by atoms with van der Waals surface area (Å²) in [6.07, 6.45) is -0.232. The van der Waals surface area contributed by atoms with Crippen molar-refractivity contribution in [1.82, 2.24) is 0 Å². The van der Waals surface area contributed by atoms with Crippen LogP contribution in [0, 0.1) is 0 Å². The average Bonchev–Trinajstić information content (AvgIpc) is 3.01. The van der Waals surface area contributed by atoms with Gasteiger partial charge in [0.1, 0.15) is 5.70 Å². The third kappa shape index (κ3) is 3.75. The molecular formula is C24H20N2O3. The minimum absolute atomic E-state index is 0.232. The van der Waals surface area contributed by atoms with E-state index >= 15 is 0 Å². The topological polar surface area (TPSA) is 69.6 Å². The number of para-hydroxylation sites is 2. The number of carboxylic acids is 1. The molecule has 4 rings (SSSR count). The van der Waals surface area contributed by atoms with Gasteiger partial charge >= 0.3 is 5.97 Å². The first kappa shape index (κ1) is 18.5. The number of carbonyl (C=O) groups excluding carboxylic acids is 1. The highest BCUT2D eigenvalue weighted by molar-refractivity contribution is 6.12. The van der Waals surface area contributed by atoms with Crippen molar-refractivity contribution in [3.05, 3.63) is 108 Å². The number of aliphatic carboxylic acids is 1. The van der Waals surface area contributed by atoms with Crippen LogP contribution in [0.2, 0.25) is 0 Å². The molecule has 0 bridgehead atoms. The number of nitrogens with one attached hydrogen (secondary N) is 1. The summed E-state index contributed by atoms with van der Waals surface area (Å²) in [6.45, 7) is 0. The molecule has 1 aliphatic rings. The van der Waals surface area contributed by atoms with Gasteiger partial charge in [-0.3, -0.25) is 14.5 Å². The van der Waals surface area contributed by atoms with E-state index in [4.69, 9.17) is 0 Å². The molecule has 29 heavy (non-hydrogen) atoms. The highest BCUT2D eigenvalue weighted by atomic mass is 16.4. The minimum Gasteiger partial charge on any atom is -0.481 e. The van der Waals surface area contributed by atoms with Gasteiger partial charge in [-0.1, -0.05) is 66.7 Å². The summed E-state index contributed by atoms with van der Waals surface area (Å²) in [5.41, 5.74) is 3.18. The van der Waals surface area contributed by atoms with Gasteiger partial charge in [-0.15, -0.1) is 0 Å². The molecule has 5 heteroatoms. The van der Waals surface area contributed by atoms with E-state index in [-0.39, 0.29) is 12.3 Å². The van der Waals surface area contributed by atoms with Crippen molar-refractivity contribution in [3.8, 4) is 0 Å². The normalized spacial score (nSPS) is 16.2. The van der Waals surface area contributed by atoms with Crippen LogP contribution in [-0.2, 0) is 9.59 Å². The maximum atomic E-state index is 13.5. The first-order valence-electron chi connectivity index (χ1n) is 9.35. The number of rotatable bonds is 6. The van der Waals surface area contributed by atoms with E-state index in [0.717, 1.165) is 16.9 Å². The van der Waals surface area contributed by atoms with E-state index in [2.05, 4.69) is 5.32 Å². The number of hydrogen-bond acceptors (Lipinski definition) is 3. The second-order valence-corrected chi connectivity index (χ2v) is 6.79. The van der Waals surface area contributed by atoms with Gasteiger partial charge in [0.15, 0.2) is 0 Å². The van der Waals surface area contributed by atoms with E-state index in [0.29, 0.717) is 11.3 Å². The maximum absolute atomic E-state index is 13.5. The molecule has 5 nitrogen and oxygen atoms in total. The maximum Gasteiger partial charge on any atom is 0.307 e. The number of nitrogens with zero attached hydrogens (tertiary/aromatic N) is 1. The van der Waals surface area contributed by atoms with Crippen LogP contribution in [0.1, 0.15) is 18.0 Å². The highest BCUT2D eigenvalue weighted by Gasteiger charge is 2.41. The SMILES string of the molecule is O=C(O)CC1=C(Nc2ccccc2)C(=O)N(c2ccccc2)[C@H]1c1ccccc1. The number of amides is 1. The summed E-state index contributed by atoms with van der Waals surface area (Å²) in [5, 5.41) is 12.7. The van der Waals surface area contributed by atoms with Crippen molar-refractivity contribution in [2.45, 2.75) is 12.5 Å². The zero-order chi connectivity index (χ0) is 20.2. The molecule has 3 aromatic rings. The Kier molecular flexibility index (Phi) is 5.12. The van der Waals surface area contributed by atoms with Gasteiger partial charge in [0.25, 0.3) is 5.91 Å². The molecule has 2 N–H and O–H groups in total. The van der Waals surface area contributed by atoms with Crippen LogP contribution in [0.5, 0.6) is 0 Å². The largest absolute Gasteiger partial charge is 0.481 e. The molecular weight excluding hydrogens is 364 g/mol. The average molecular weight is 384 g/mol. The Balaban J connectivity index is 1.87. The molecule has 1 atom stereocenters. The molecule has 1 aliphatic heterocycles. The summed E-state index contributed by atoms with van der Waals surface area (Å²) < 4.78 is 0. The van der Waals surface area contributed by atoms with E-state index in [1.54, 1.807) is 4.90 Å². The van der Waals surface area contributed by atoms with E-state index in [1.165, 1.54) is 0 Å². The summed E-state index contributed by atoms with van der Waals surface area (Å²) >= 11 is 0. The number of anilines is 2. The molecule has 0 saturated heterocycles. The lowest BCUT2D eigenvalue weighted by Gasteiger charge is -2.27. The molecule has 0 aliphatic carbocycles. The van der Waals surface area contributed by atoms with Crippen LogP contribution in [-0.4, -0.2) is 17.0 Å². The molecule has 1 heterocycles. The third-order valence-corrected chi connectivity index (χ3v) is 4.88. The van der Waals surface area contributed by atoms with Gasteiger partial charge in [0.2, 0.25) is 0 Å². The first-order valence-corrected chi connectivity index (χ1v) is 9.35. The zero-order valence-electron chi connectivity index (χ0n) is 15.7. The lowest BCUT2D eigenvalue weighted by Crippen LogP contribution is -2.31. The molecule has 0 saturated carbocycles. The Bertz CT molecular complexity index is 1050. The standard InChI is InChI=1S/C24H20N2O3/c27-21(28)16-20-22(25-18-12-6-2-7-13-18)24(29)26(19-14-8-3-9-15-19)23(20)17-10-4-1-5-11-17/h1-15,23,25H,16H2,(H,27,28)/t23-/m0/s1. The fourth-order valence-corrected chi connectivity index (χ4v) is 3.66. The third-order valence-electron chi connectivity index (χ3n) is 4.88. The van der Waals surface area contributed by atoms with Crippen molar-refractivity contribution >= 4 is 23.3 Å². The van der Waals surface area contributed by atoms with Crippen LogP contribution in [0.25, 0.3) is 0 Å². The Morgan fingerprint density at radius 3 is 2.00 bits per heavy atom. The van der Waals surface area contributed by atoms with Gasteiger partial charge in [0.05, 0.1) is 12.5 Å². The van der Waals surface area contributed by atoms with Crippen molar-refractivity contribution in [2.75, 3.05) is 10.2 Å². The Morgan fingerprint density at radius 1 is 0.862 bits per heavy atom. The molecule has 144 valence electrons. The second kappa shape index (κ2) is 8.02. The smallest absolute Gasteiger partial charge is 0.307 e. The Morgan fingerprint density at radius 2 is 1.41 bits per heavy atom. The van der Waals surface area contributed by atoms with Crippen molar-refractivity contribution in [3.63, 3.8) is 0 Å². The number of carboxylic acid groups (broad SMARTS) is 1. The van der Waals surface area contributed by atoms with Gasteiger partial charge in [-0.2, -0.15) is 0 Å². The summed E-state index contributed by atoms with van der Waals surface area (Å²) in [6, 6.07) is 27.7. The van der Waals surface area contributed by atoms with Crippen LogP contribution >= 0.6 is 0 Å². The molecule has 0 unspecified atom stereocenters. The molecule has 3 aromatic carbocycles. The van der Waals surface area contributed by atoms with E-state index in [9.17, 15) is 14.7 Å². The van der Waals surface area contributed by atoms with Crippen molar-refractivity contribution in [1.29, 1.82) is 0 Å². The quantitative estimate of drug-likeness (QED) is 0.651. The van der Waals surface area contributed by atoms with Gasteiger partial charge in [-0.05, 0) is 35.4 Å². The summed E-state index contributed by atoms with van der Waals surface area (Å²) in [5.74, 6) is -1.22. The molecule has 0 fully saturated rings. The lowest BCUT2D eigenvalue weighted by atomic mass is 9.96. The molecule has 1 amide bonds. The van der Waals surface area contributed by atoms with Gasteiger partial charge in [0, 0.05) is 11.4 Å². The Labute approximate surface area is 168 Å². The number of carbonyl (C=O) groups is 2. The molecule has 0 radical (unpaired) electrons. The van der Waals surface area contributed by atoms with Crippen molar-refractivity contribution in [2.24, 2.45) is 0 Å². The number of benzene rings is 3. The van der Waals surface area contributed by atoms with Gasteiger partial charge < -0.3 is 10.4 Å². The van der Waals surface area contributed by atoms with Crippen LogP contribution in [0.15, 0.2) is 102 Å². The second-order valence-electron chi connectivity index (χ2n) is 6.79. The summed E-state index contributed by atoms with van der Waals surface area (Å²) in [7, 11) is 0. The lowest BCUT2D eigenvalue weighted by molar-refractivity contribution is -0.136. The predicted molar refractivity (Wildman–Crippen MR) is 112 cm³/mol. The molecule has 0 aromatic heterocycles. The van der Waals surface area contributed by atoms with Crippen LogP contribution in [0.4, 0.5) is 11.4 Å². The van der Waals surface area contributed by atoms with Gasteiger partial charge in [-0.25, -0.2) is 0 Å². The highest BCUT2D eigenvalue weighted by Crippen LogP contribution is 2.42. The van der Waals surface area contributed by atoms with Crippen molar-refractivity contribution < 1.29 is 14.7 Å². The van der Waals surface area contributed by atoms with E-state index in [1.807, 2.05) is 91.0 Å². The fourth-order valence-electron chi connectivity index (χ4n) is 3.66. The Hall–Kier alpha value is -3.86. The molecule has 0 spiro atoms. The predicted octanol–water partition coefficient (Wildman–Crippen LogP) is 4.62. The monoisotopic (exact) mass is 384 g/mol.